The molecule has 0 rings (SSSR count). The van der Waals surface area contributed by atoms with Crippen LogP contribution in [0.5, 0.6) is 0 Å². The van der Waals surface area contributed by atoms with E-state index in [1.807, 2.05) is 0 Å². The highest BCUT2D eigenvalue weighted by atomic mass is 19.1. The second-order valence-corrected chi connectivity index (χ2v) is 3.79. The first-order chi connectivity index (χ1) is 4.84. The third-order valence-corrected chi connectivity index (χ3v) is 1.55. The molecule has 66 valence electrons. The van der Waals surface area contributed by atoms with E-state index < -0.39 is 5.67 Å². The first-order valence-electron chi connectivity index (χ1n) is 4.04. The van der Waals surface area contributed by atoms with Crippen molar-refractivity contribution >= 4 is 5.71 Å². The highest BCUT2D eigenvalue weighted by molar-refractivity contribution is 5.89. The number of rotatable bonds is 3. The Morgan fingerprint density at radius 3 is 2.18 bits per heavy atom. The highest BCUT2D eigenvalue weighted by Crippen LogP contribution is 2.11. The van der Waals surface area contributed by atoms with E-state index in [0.29, 0.717) is 11.6 Å². The third-order valence-electron chi connectivity index (χ3n) is 1.55. The highest BCUT2D eigenvalue weighted by Gasteiger charge is 2.18. The predicted molar refractivity (Wildman–Crippen MR) is 48.0 cm³/mol. The van der Waals surface area contributed by atoms with Gasteiger partial charge in [-0.15, -0.1) is 0 Å². The van der Waals surface area contributed by atoms with Crippen LogP contribution in [-0.4, -0.2) is 17.9 Å². The van der Waals surface area contributed by atoms with Crippen LogP contribution in [0, 0.1) is 5.92 Å². The molecule has 0 aromatic heterocycles. The first-order valence-corrected chi connectivity index (χ1v) is 4.04. The topological polar surface area (TPSA) is 12.4 Å². The number of nitrogens with zero attached hydrogens (tertiary/aromatic N) is 1. The molecule has 0 atom stereocenters. The van der Waals surface area contributed by atoms with Gasteiger partial charge in [0.05, 0.1) is 0 Å². The van der Waals surface area contributed by atoms with E-state index in [4.69, 9.17) is 0 Å². The lowest BCUT2D eigenvalue weighted by molar-refractivity contribution is 0.311. The molecule has 0 fully saturated rings. The maximum absolute atomic E-state index is 13.1. The molecule has 2 heteroatoms. The van der Waals surface area contributed by atoms with E-state index in [1.54, 1.807) is 6.92 Å². The fourth-order valence-electron chi connectivity index (χ4n) is 0.507. The van der Waals surface area contributed by atoms with Gasteiger partial charge in [0, 0.05) is 12.3 Å². The number of halogens is 1. The number of alkyl halides is 1. The molecule has 11 heavy (non-hydrogen) atoms. The summed E-state index contributed by atoms with van der Waals surface area (Å²) in [4.78, 5) is 4.14. The minimum atomic E-state index is -1.26. The summed E-state index contributed by atoms with van der Waals surface area (Å²) in [6, 6.07) is 0. The molecule has 0 aromatic rings. The van der Waals surface area contributed by atoms with Gasteiger partial charge in [-0.2, -0.15) is 0 Å². The summed E-state index contributed by atoms with van der Waals surface area (Å²) >= 11 is 0. The number of aliphatic imine (C=N–C) groups is 1. The van der Waals surface area contributed by atoms with E-state index in [2.05, 4.69) is 18.8 Å². The molecule has 0 unspecified atom stereocenters. The van der Waals surface area contributed by atoms with Gasteiger partial charge in [-0.25, -0.2) is 4.39 Å². The number of hydrogen-bond acceptors (Lipinski definition) is 1. The van der Waals surface area contributed by atoms with Crippen molar-refractivity contribution in [2.24, 2.45) is 10.9 Å². The molecule has 0 radical (unpaired) electrons. The van der Waals surface area contributed by atoms with E-state index in [0.717, 1.165) is 6.54 Å². The molecular weight excluding hydrogens is 141 g/mol. The van der Waals surface area contributed by atoms with E-state index in [1.165, 1.54) is 13.8 Å². The van der Waals surface area contributed by atoms with Crippen LogP contribution in [0.15, 0.2) is 4.99 Å². The van der Waals surface area contributed by atoms with Crippen molar-refractivity contribution < 1.29 is 4.39 Å². The molecule has 0 saturated heterocycles. The molecule has 0 heterocycles. The largest absolute Gasteiger partial charge is 0.291 e. The van der Waals surface area contributed by atoms with Crippen LogP contribution in [0.1, 0.15) is 34.6 Å². The van der Waals surface area contributed by atoms with Crippen LogP contribution in [0.3, 0.4) is 0 Å². The third kappa shape index (κ3) is 4.93. The summed E-state index contributed by atoms with van der Waals surface area (Å²) in [5, 5.41) is 0. The normalized spacial score (nSPS) is 14.3. The predicted octanol–water partition coefficient (Wildman–Crippen LogP) is 2.85. The van der Waals surface area contributed by atoms with Crippen molar-refractivity contribution in [2.45, 2.75) is 40.3 Å². The van der Waals surface area contributed by atoms with Gasteiger partial charge < -0.3 is 0 Å². The minimum absolute atomic E-state index is 0.507. The van der Waals surface area contributed by atoms with Crippen molar-refractivity contribution in [3.05, 3.63) is 0 Å². The average molecular weight is 159 g/mol. The Bertz CT molecular complexity index is 142. The zero-order valence-electron chi connectivity index (χ0n) is 8.11. The van der Waals surface area contributed by atoms with Crippen LogP contribution in [0.4, 0.5) is 4.39 Å². The van der Waals surface area contributed by atoms with Crippen molar-refractivity contribution in [3.63, 3.8) is 0 Å². The van der Waals surface area contributed by atoms with E-state index in [-0.39, 0.29) is 0 Å². The van der Waals surface area contributed by atoms with Crippen molar-refractivity contribution in [3.8, 4) is 0 Å². The Morgan fingerprint density at radius 2 is 1.91 bits per heavy atom. The van der Waals surface area contributed by atoms with Crippen molar-refractivity contribution in [1.82, 2.24) is 0 Å². The zero-order chi connectivity index (χ0) is 9.07. The van der Waals surface area contributed by atoms with E-state index >= 15 is 0 Å². The first kappa shape index (κ1) is 10.6. The van der Waals surface area contributed by atoms with Gasteiger partial charge in [0.1, 0.15) is 5.67 Å². The Hall–Kier alpha value is -0.400. The summed E-state index contributed by atoms with van der Waals surface area (Å²) in [5.41, 5.74) is -0.666. The van der Waals surface area contributed by atoms with Gasteiger partial charge in [-0.1, -0.05) is 13.8 Å². The van der Waals surface area contributed by atoms with Crippen molar-refractivity contribution in [1.29, 1.82) is 0 Å². The second-order valence-electron chi connectivity index (χ2n) is 3.79. The monoisotopic (exact) mass is 159 g/mol. The molecule has 0 aliphatic carbocycles. The molecular formula is C9H18FN. The molecule has 0 spiro atoms. The fraction of sp³-hybridized carbons (Fsp3) is 0.889. The fourth-order valence-corrected chi connectivity index (χ4v) is 0.507. The van der Waals surface area contributed by atoms with Crippen LogP contribution >= 0.6 is 0 Å². The lowest BCUT2D eigenvalue weighted by atomic mass is 10.1. The molecule has 0 bridgehead atoms. The molecule has 1 nitrogen and oxygen atoms in total. The van der Waals surface area contributed by atoms with E-state index in [9.17, 15) is 4.39 Å². The minimum Gasteiger partial charge on any atom is -0.291 e. The molecule has 0 aromatic carbocycles. The maximum Gasteiger partial charge on any atom is 0.142 e. The summed E-state index contributed by atoms with van der Waals surface area (Å²) in [5.74, 6) is 0.507. The van der Waals surface area contributed by atoms with Crippen LogP contribution in [-0.2, 0) is 0 Å². The zero-order valence-corrected chi connectivity index (χ0v) is 8.11. The lowest BCUT2D eigenvalue weighted by Crippen LogP contribution is -2.23. The standard InChI is InChI=1S/C9H18FN/c1-7(2)6-11-8(3)9(4,5)10/h7H,6H2,1-5H3/b11-8+. The molecule has 0 N–H and O–H groups in total. The summed E-state index contributed by atoms with van der Waals surface area (Å²) in [6.07, 6.45) is 0. The molecule has 0 amide bonds. The Labute approximate surface area is 68.7 Å². The summed E-state index contributed by atoms with van der Waals surface area (Å²) in [6.45, 7) is 9.67. The van der Waals surface area contributed by atoms with Gasteiger partial charge in [0.25, 0.3) is 0 Å². The molecule has 0 saturated carbocycles. The smallest absolute Gasteiger partial charge is 0.142 e. The molecule has 0 aliphatic rings. The quantitative estimate of drug-likeness (QED) is 0.561. The second kappa shape index (κ2) is 3.84. The van der Waals surface area contributed by atoms with Gasteiger partial charge in [0.2, 0.25) is 0 Å². The van der Waals surface area contributed by atoms with Gasteiger partial charge in [0.15, 0.2) is 0 Å². The van der Waals surface area contributed by atoms with Gasteiger partial charge in [-0.05, 0) is 26.7 Å². The molecule has 0 aliphatic heterocycles. The van der Waals surface area contributed by atoms with Crippen LogP contribution in [0.2, 0.25) is 0 Å². The van der Waals surface area contributed by atoms with Crippen LogP contribution < -0.4 is 0 Å². The summed E-state index contributed by atoms with van der Waals surface area (Å²) in [7, 11) is 0. The Kier molecular flexibility index (Phi) is 3.70. The SMILES string of the molecule is C/C(=N\CC(C)C)C(C)(C)F. The van der Waals surface area contributed by atoms with Crippen molar-refractivity contribution in [2.75, 3.05) is 6.54 Å². The Balaban J connectivity index is 4.02. The van der Waals surface area contributed by atoms with Crippen LogP contribution in [0.25, 0.3) is 0 Å². The Morgan fingerprint density at radius 1 is 1.45 bits per heavy atom. The van der Waals surface area contributed by atoms with Gasteiger partial charge >= 0.3 is 0 Å². The maximum atomic E-state index is 13.1. The average Bonchev–Trinajstić information content (AvgIpc) is 1.80. The van der Waals surface area contributed by atoms with Gasteiger partial charge in [-0.3, -0.25) is 4.99 Å². The lowest BCUT2D eigenvalue weighted by Gasteiger charge is -2.13. The summed E-state index contributed by atoms with van der Waals surface area (Å²) < 4.78 is 13.1. The number of hydrogen-bond donors (Lipinski definition) is 0.